The van der Waals surface area contributed by atoms with Gasteiger partial charge in [-0.05, 0) is 26.2 Å². The van der Waals surface area contributed by atoms with E-state index < -0.39 is 0 Å². The smallest absolute Gasteiger partial charge is 0.275 e. The van der Waals surface area contributed by atoms with Crippen molar-refractivity contribution in [3.05, 3.63) is 0 Å². The van der Waals surface area contributed by atoms with Gasteiger partial charge in [0.2, 0.25) is 0 Å². The molecule has 1 aliphatic rings. The van der Waals surface area contributed by atoms with Crippen molar-refractivity contribution in [3.63, 3.8) is 0 Å². The summed E-state index contributed by atoms with van der Waals surface area (Å²) in [6, 6.07) is 0. The maximum absolute atomic E-state index is 11.3. The maximum atomic E-state index is 11.3. The van der Waals surface area contributed by atoms with Gasteiger partial charge in [0.25, 0.3) is 5.91 Å². The Hall–Kier alpha value is -0.570. The summed E-state index contributed by atoms with van der Waals surface area (Å²) >= 11 is 0. The standard InChI is InChI=1S/C10H20N2O/c1-3-12(9-10(13)11-2)7-5-4-6-8-12/h3-9H2,1-2H3/p+1. The van der Waals surface area contributed by atoms with Crippen LogP contribution in [0.2, 0.25) is 0 Å². The maximum Gasteiger partial charge on any atom is 0.275 e. The fraction of sp³-hybridized carbons (Fsp3) is 0.900. The van der Waals surface area contributed by atoms with Crippen LogP contribution in [0.4, 0.5) is 0 Å². The van der Waals surface area contributed by atoms with Crippen LogP contribution in [0.25, 0.3) is 0 Å². The lowest BCUT2D eigenvalue weighted by Crippen LogP contribution is -2.55. The van der Waals surface area contributed by atoms with Crippen LogP contribution in [0.15, 0.2) is 0 Å². The first-order valence-electron chi connectivity index (χ1n) is 5.28. The number of nitrogens with zero attached hydrogens (tertiary/aromatic N) is 1. The molecule has 0 spiro atoms. The highest BCUT2D eigenvalue weighted by Gasteiger charge is 2.29. The number of piperidine rings is 1. The molecule has 76 valence electrons. The predicted molar refractivity (Wildman–Crippen MR) is 53.3 cm³/mol. The van der Waals surface area contributed by atoms with Gasteiger partial charge in [0.15, 0.2) is 6.54 Å². The van der Waals surface area contributed by atoms with Crippen LogP contribution < -0.4 is 5.32 Å². The molecule has 0 aliphatic carbocycles. The van der Waals surface area contributed by atoms with Crippen LogP contribution in [0, 0.1) is 0 Å². The zero-order valence-electron chi connectivity index (χ0n) is 8.81. The summed E-state index contributed by atoms with van der Waals surface area (Å²) in [4.78, 5) is 11.3. The third kappa shape index (κ3) is 2.69. The molecule has 0 bridgehead atoms. The minimum atomic E-state index is 0.184. The van der Waals surface area contributed by atoms with E-state index in [0.717, 1.165) is 11.0 Å². The topological polar surface area (TPSA) is 29.1 Å². The van der Waals surface area contributed by atoms with Crippen molar-refractivity contribution in [2.75, 3.05) is 33.2 Å². The van der Waals surface area contributed by atoms with Crippen molar-refractivity contribution in [2.24, 2.45) is 0 Å². The Labute approximate surface area is 80.7 Å². The number of hydrogen-bond donors (Lipinski definition) is 1. The van der Waals surface area contributed by atoms with E-state index in [4.69, 9.17) is 0 Å². The Kier molecular flexibility index (Phi) is 3.72. The third-order valence-electron chi connectivity index (χ3n) is 3.19. The first-order valence-corrected chi connectivity index (χ1v) is 5.28. The molecule has 1 N–H and O–H groups in total. The van der Waals surface area contributed by atoms with Crippen LogP contribution in [0.5, 0.6) is 0 Å². The van der Waals surface area contributed by atoms with Crippen molar-refractivity contribution < 1.29 is 9.28 Å². The van der Waals surface area contributed by atoms with Crippen molar-refractivity contribution in [1.29, 1.82) is 0 Å². The molecular weight excluding hydrogens is 164 g/mol. The molecule has 0 saturated carbocycles. The molecule has 3 nitrogen and oxygen atoms in total. The summed E-state index contributed by atoms with van der Waals surface area (Å²) in [5.74, 6) is 0.184. The van der Waals surface area contributed by atoms with E-state index in [-0.39, 0.29) is 5.91 Å². The highest BCUT2D eigenvalue weighted by Crippen LogP contribution is 2.17. The average Bonchev–Trinajstić information content (AvgIpc) is 2.19. The van der Waals surface area contributed by atoms with E-state index in [1.807, 2.05) is 0 Å². The van der Waals surface area contributed by atoms with Crippen molar-refractivity contribution >= 4 is 5.91 Å². The van der Waals surface area contributed by atoms with E-state index >= 15 is 0 Å². The van der Waals surface area contributed by atoms with Gasteiger partial charge in [-0.1, -0.05) is 0 Å². The minimum Gasteiger partial charge on any atom is -0.354 e. The number of nitrogens with one attached hydrogen (secondary N) is 1. The molecule has 0 aromatic rings. The normalized spacial score (nSPS) is 21.1. The fourth-order valence-corrected chi connectivity index (χ4v) is 2.15. The number of hydrogen-bond acceptors (Lipinski definition) is 1. The number of likely N-dealkylation sites (N-methyl/N-ethyl adjacent to an activating group) is 2. The number of amides is 1. The number of likely N-dealkylation sites (tertiary alicyclic amines) is 1. The Morgan fingerprint density at radius 1 is 1.31 bits per heavy atom. The largest absolute Gasteiger partial charge is 0.354 e. The van der Waals surface area contributed by atoms with Crippen LogP contribution in [-0.4, -0.2) is 43.6 Å². The van der Waals surface area contributed by atoms with Crippen LogP contribution >= 0.6 is 0 Å². The van der Waals surface area contributed by atoms with Gasteiger partial charge >= 0.3 is 0 Å². The SMILES string of the molecule is CC[N+]1(CC(=O)NC)CCCCC1. The molecule has 0 aromatic carbocycles. The molecular formula is C10H21N2O+. The van der Waals surface area contributed by atoms with Gasteiger partial charge in [-0.25, -0.2) is 0 Å². The molecule has 0 aromatic heterocycles. The Morgan fingerprint density at radius 2 is 1.92 bits per heavy atom. The molecule has 3 heteroatoms. The molecule has 0 radical (unpaired) electrons. The average molecular weight is 185 g/mol. The zero-order chi connectivity index (χ0) is 9.73. The number of carbonyl (C=O) groups is 1. The number of rotatable bonds is 3. The Balaban J connectivity index is 2.52. The van der Waals surface area contributed by atoms with Gasteiger partial charge in [0, 0.05) is 7.05 Å². The Morgan fingerprint density at radius 3 is 2.38 bits per heavy atom. The molecule has 1 aliphatic heterocycles. The van der Waals surface area contributed by atoms with Gasteiger partial charge < -0.3 is 9.80 Å². The van der Waals surface area contributed by atoms with Gasteiger partial charge in [0.05, 0.1) is 19.6 Å². The second-order valence-corrected chi connectivity index (χ2v) is 4.00. The van der Waals surface area contributed by atoms with Crippen LogP contribution in [0.1, 0.15) is 26.2 Å². The Bertz CT molecular complexity index is 174. The zero-order valence-corrected chi connectivity index (χ0v) is 8.81. The lowest BCUT2D eigenvalue weighted by molar-refractivity contribution is -0.923. The summed E-state index contributed by atoms with van der Waals surface area (Å²) < 4.78 is 1.000. The summed E-state index contributed by atoms with van der Waals surface area (Å²) in [5.41, 5.74) is 0. The van der Waals surface area contributed by atoms with Crippen molar-refractivity contribution in [1.82, 2.24) is 5.32 Å². The van der Waals surface area contributed by atoms with Gasteiger partial charge in [-0.3, -0.25) is 4.79 Å². The van der Waals surface area contributed by atoms with E-state index in [1.165, 1.54) is 32.4 Å². The molecule has 1 heterocycles. The second kappa shape index (κ2) is 4.61. The number of carbonyl (C=O) groups excluding carboxylic acids is 1. The molecule has 1 amide bonds. The van der Waals surface area contributed by atoms with Crippen LogP contribution in [0.3, 0.4) is 0 Å². The third-order valence-corrected chi connectivity index (χ3v) is 3.19. The number of quaternary nitrogens is 1. The van der Waals surface area contributed by atoms with E-state index in [2.05, 4.69) is 12.2 Å². The first-order chi connectivity index (χ1) is 6.22. The lowest BCUT2D eigenvalue weighted by Gasteiger charge is -2.39. The summed E-state index contributed by atoms with van der Waals surface area (Å²) in [6.07, 6.45) is 3.91. The van der Waals surface area contributed by atoms with Crippen molar-refractivity contribution in [2.45, 2.75) is 26.2 Å². The molecule has 13 heavy (non-hydrogen) atoms. The highest BCUT2D eigenvalue weighted by molar-refractivity contribution is 5.76. The van der Waals surface area contributed by atoms with Gasteiger partial charge in [-0.2, -0.15) is 0 Å². The quantitative estimate of drug-likeness (QED) is 0.646. The van der Waals surface area contributed by atoms with Crippen LogP contribution in [-0.2, 0) is 4.79 Å². The fourth-order valence-electron chi connectivity index (χ4n) is 2.15. The van der Waals surface area contributed by atoms with E-state index in [0.29, 0.717) is 6.54 Å². The minimum absolute atomic E-state index is 0.184. The molecule has 0 atom stereocenters. The van der Waals surface area contributed by atoms with Crippen molar-refractivity contribution in [3.8, 4) is 0 Å². The summed E-state index contributed by atoms with van der Waals surface area (Å²) in [6.45, 7) is 6.32. The monoisotopic (exact) mass is 185 g/mol. The first kappa shape index (κ1) is 10.5. The lowest BCUT2D eigenvalue weighted by atomic mass is 10.1. The molecule has 1 rings (SSSR count). The molecule has 1 fully saturated rings. The van der Waals surface area contributed by atoms with Gasteiger partial charge in [0.1, 0.15) is 0 Å². The predicted octanol–water partition coefficient (Wildman–Crippen LogP) is 0.753. The molecule has 0 unspecified atom stereocenters. The molecule has 1 saturated heterocycles. The second-order valence-electron chi connectivity index (χ2n) is 4.00. The highest BCUT2D eigenvalue weighted by atomic mass is 16.2. The van der Waals surface area contributed by atoms with E-state index in [1.54, 1.807) is 7.05 Å². The summed E-state index contributed by atoms with van der Waals surface area (Å²) in [7, 11) is 1.72. The van der Waals surface area contributed by atoms with E-state index in [9.17, 15) is 4.79 Å². The van der Waals surface area contributed by atoms with Gasteiger partial charge in [-0.15, -0.1) is 0 Å². The summed E-state index contributed by atoms with van der Waals surface area (Å²) in [5, 5.41) is 2.72.